The summed E-state index contributed by atoms with van der Waals surface area (Å²) in [7, 11) is 0. The molecule has 0 saturated carbocycles. The Bertz CT molecular complexity index is 297. The van der Waals surface area contributed by atoms with Crippen LogP contribution in [0.1, 0.15) is 18.9 Å². The van der Waals surface area contributed by atoms with Gasteiger partial charge in [-0.25, -0.2) is 0 Å². The minimum Gasteiger partial charge on any atom is -0.508 e. The maximum atomic E-state index is 9.38. The molecule has 0 spiro atoms. The molecule has 0 amide bonds. The molecule has 0 aromatic heterocycles. The van der Waals surface area contributed by atoms with Crippen molar-refractivity contribution in [2.75, 3.05) is 0 Å². The number of aliphatic hydroxyl groups excluding tert-OH is 1. The number of aliphatic hydroxyl groups is 1. The molecule has 0 aliphatic rings. The third kappa shape index (κ3) is 2.53. The third-order valence-electron chi connectivity index (χ3n) is 2.00. The lowest BCUT2D eigenvalue weighted by Crippen LogP contribution is -2.01. The van der Waals surface area contributed by atoms with Crippen LogP contribution in [0.3, 0.4) is 0 Å². The van der Waals surface area contributed by atoms with E-state index in [4.69, 9.17) is 10.2 Å². The summed E-state index contributed by atoms with van der Waals surface area (Å²) >= 11 is 0. The summed E-state index contributed by atoms with van der Waals surface area (Å²) in [6.45, 7) is 1.63. The van der Waals surface area contributed by atoms with E-state index in [2.05, 4.69) is 0 Å². The van der Waals surface area contributed by atoms with Crippen LogP contribution in [0.15, 0.2) is 12.1 Å². The molecule has 1 aromatic carbocycles. The zero-order valence-corrected chi connectivity index (χ0v) is 7.94. The zero-order valence-electron chi connectivity index (χ0n) is 7.94. The van der Waals surface area contributed by atoms with E-state index in [1.54, 1.807) is 6.92 Å². The lowest BCUT2D eigenvalue weighted by atomic mass is 10.0. The van der Waals surface area contributed by atoms with Crippen molar-refractivity contribution in [3.63, 3.8) is 0 Å². The van der Waals surface area contributed by atoms with Gasteiger partial charge in [0.1, 0.15) is 17.2 Å². The molecule has 4 heteroatoms. The average molecular weight is 198 g/mol. The molecule has 0 unspecified atom stereocenters. The first-order valence-electron chi connectivity index (χ1n) is 4.42. The van der Waals surface area contributed by atoms with Crippen LogP contribution in [-0.2, 0) is 6.42 Å². The van der Waals surface area contributed by atoms with Crippen molar-refractivity contribution in [2.45, 2.75) is 25.9 Å². The third-order valence-corrected chi connectivity index (χ3v) is 2.00. The van der Waals surface area contributed by atoms with Gasteiger partial charge in [-0.3, -0.25) is 0 Å². The highest BCUT2D eigenvalue weighted by Crippen LogP contribution is 2.32. The van der Waals surface area contributed by atoms with Gasteiger partial charge in [0, 0.05) is 17.7 Å². The summed E-state index contributed by atoms with van der Waals surface area (Å²) in [4.78, 5) is 0. The Labute approximate surface area is 82.1 Å². The standard InChI is InChI=1S/C10H14O4/c1-6(11)2-3-8-9(13)4-7(12)5-10(8)14/h4-6,11-14H,2-3H2,1H3/t6-/m0/s1. The van der Waals surface area contributed by atoms with Gasteiger partial charge in [0.25, 0.3) is 0 Å². The van der Waals surface area contributed by atoms with Crippen molar-refractivity contribution in [3.05, 3.63) is 17.7 Å². The fourth-order valence-electron chi connectivity index (χ4n) is 1.24. The van der Waals surface area contributed by atoms with E-state index in [0.717, 1.165) is 12.1 Å². The highest BCUT2D eigenvalue weighted by molar-refractivity contribution is 5.48. The van der Waals surface area contributed by atoms with Gasteiger partial charge in [-0.05, 0) is 19.8 Å². The topological polar surface area (TPSA) is 80.9 Å². The molecule has 1 rings (SSSR count). The number of phenols is 3. The van der Waals surface area contributed by atoms with Gasteiger partial charge in [-0.1, -0.05) is 0 Å². The van der Waals surface area contributed by atoms with E-state index in [1.807, 2.05) is 0 Å². The fourth-order valence-corrected chi connectivity index (χ4v) is 1.24. The van der Waals surface area contributed by atoms with Crippen molar-refractivity contribution in [3.8, 4) is 17.2 Å². The lowest BCUT2D eigenvalue weighted by Gasteiger charge is -2.08. The largest absolute Gasteiger partial charge is 0.508 e. The number of hydrogen-bond acceptors (Lipinski definition) is 4. The smallest absolute Gasteiger partial charge is 0.126 e. The maximum Gasteiger partial charge on any atom is 0.126 e. The first-order valence-corrected chi connectivity index (χ1v) is 4.42. The van der Waals surface area contributed by atoms with Gasteiger partial charge >= 0.3 is 0 Å². The summed E-state index contributed by atoms with van der Waals surface area (Å²) in [5.41, 5.74) is 0.351. The van der Waals surface area contributed by atoms with E-state index in [-0.39, 0.29) is 17.2 Å². The van der Waals surface area contributed by atoms with Crippen LogP contribution in [0.25, 0.3) is 0 Å². The van der Waals surface area contributed by atoms with Gasteiger partial charge in [0.2, 0.25) is 0 Å². The molecule has 0 aliphatic heterocycles. The molecule has 0 saturated heterocycles. The molecule has 0 fully saturated rings. The first-order chi connectivity index (χ1) is 6.50. The highest BCUT2D eigenvalue weighted by atomic mass is 16.3. The van der Waals surface area contributed by atoms with Crippen LogP contribution in [0.2, 0.25) is 0 Å². The van der Waals surface area contributed by atoms with Crippen molar-refractivity contribution in [2.24, 2.45) is 0 Å². The van der Waals surface area contributed by atoms with Crippen molar-refractivity contribution in [1.29, 1.82) is 0 Å². The van der Waals surface area contributed by atoms with Gasteiger partial charge in [0.15, 0.2) is 0 Å². The van der Waals surface area contributed by atoms with Crippen LogP contribution in [0, 0.1) is 0 Å². The second-order valence-corrected chi connectivity index (χ2v) is 3.35. The molecule has 1 aromatic rings. The Balaban J connectivity index is 2.86. The van der Waals surface area contributed by atoms with Crippen molar-refractivity contribution >= 4 is 0 Å². The zero-order chi connectivity index (χ0) is 10.7. The van der Waals surface area contributed by atoms with Gasteiger partial charge in [-0.15, -0.1) is 0 Å². The Morgan fingerprint density at radius 2 is 1.64 bits per heavy atom. The van der Waals surface area contributed by atoms with E-state index in [0.29, 0.717) is 18.4 Å². The maximum absolute atomic E-state index is 9.38. The number of hydrogen-bond donors (Lipinski definition) is 4. The number of rotatable bonds is 3. The van der Waals surface area contributed by atoms with E-state index >= 15 is 0 Å². The second kappa shape index (κ2) is 4.19. The summed E-state index contributed by atoms with van der Waals surface area (Å²) in [5.74, 6) is -0.480. The average Bonchev–Trinajstić information content (AvgIpc) is 2.01. The summed E-state index contributed by atoms with van der Waals surface area (Å²) in [6, 6.07) is 2.33. The SMILES string of the molecule is C[C@H](O)CCc1c(O)cc(O)cc1O. The minimum absolute atomic E-state index is 0.150. The Hall–Kier alpha value is -1.42. The quantitative estimate of drug-likeness (QED) is 0.586. The lowest BCUT2D eigenvalue weighted by molar-refractivity contribution is 0.184. The molecule has 78 valence electrons. The van der Waals surface area contributed by atoms with Crippen LogP contribution in [0.5, 0.6) is 17.2 Å². The number of aromatic hydroxyl groups is 3. The Morgan fingerprint density at radius 3 is 2.07 bits per heavy atom. The molecule has 14 heavy (non-hydrogen) atoms. The molecular formula is C10H14O4. The summed E-state index contributed by atoms with van der Waals surface area (Å²) < 4.78 is 0. The number of phenolic OH excluding ortho intramolecular Hbond substituents is 3. The molecular weight excluding hydrogens is 184 g/mol. The molecule has 0 radical (unpaired) electrons. The van der Waals surface area contributed by atoms with Crippen LogP contribution < -0.4 is 0 Å². The first kappa shape index (κ1) is 10.7. The molecule has 0 bridgehead atoms. The van der Waals surface area contributed by atoms with Crippen LogP contribution in [0.4, 0.5) is 0 Å². The normalized spacial score (nSPS) is 12.7. The fraction of sp³-hybridized carbons (Fsp3) is 0.400. The van der Waals surface area contributed by atoms with E-state index in [9.17, 15) is 10.2 Å². The predicted molar refractivity (Wildman–Crippen MR) is 51.4 cm³/mol. The van der Waals surface area contributed by atoms with Gasteiger partial charge in [0.05, 0.1) is 6.10 Å². The molecule has 0 aliphatic carbocycles. The van der Waals surface area contributed by atoms with Gasteiger partial charge in [-0.2, -0.15) is 0 Å². The molecule has 1 atom stereocenters. The second-order valence-electron chi connectivity index (χ2n) is 3.35. The molecule has 4 nitrogen and oxygen atoms in total. The number of benzene rings is 1. The predicted octanol–water partition coefficient (Wildman–Crippen LogP) is 1.12. The van der Waals surface area contributed by atoms with E-state index < -0.39 is 6.10 Å². The monoisotopic (exact) mass is 198 g/mol. The summed E-state index contributed by atoms with van der Waals surface area (Å²) in [5, 5.41) is 36.8. The highest BCUT2D eigenvalue weighted by Gasteiger charge is 2.10. The Kier molecular flexibility index (Phi) is 3.19. The van der Waals surface area contributed by atoms with E-state index in [1.165, 1.54) is 0 Å². The molecule has 0 heterocycles. The van der Waals surface area contributed by atoms with Gasteiger partial charge < -0.3 is 20.4 Å². The minimum atomic E-state index is -0.484. The van der Waals surface area contributed by atoms with Crippen LogP contribution in [-0.4, -0.2) is 26.5 Å². The summed E-state index contributed by atoms with van der Waals surface area (Å²) in [6.07, 6.45) is 0.337. The molecule has 4 N–H and O–H groups in total. The van der Waals surface area contributed by atoms with Crippen molar-refractivity contribution in [1.82, 2.24) is 0 Å². The Morgan fingerprint density at radius 1 is 1.14 bits per heavy atom. The van der Waals surface area contributed by atoms with Crippen LogP contribution >= 0.6 is 0 Å². The van der Waals surface area contributed by atoms with Crippen molar-refractivity contribution < 1.29 is 20.4 Å².